The van der Waals surface area contributed by atoms with Crippen LogP contribution in [0.15, 0.2) is 54.6 Å². The summed E-state index contributed by atoms with van der Waals surface area (Å²) in [5.41, 5.74) is 3.60. The van der Waals surface area contributed by atoms with Crippen molar-refractivity contribution in [2.75, 3.05) is 5.32 Å². The number of benzene rings is 2. The van der Waals surface area contributed by atoms with Crippen molar-refractivity contribution in [1.29, 1.82) is 5.26 Å². The summed E-state index contributed by atoms with van der Waals surface area (Å²) in [6.45, 7) is 2.18. The van der Waals surface area contributed by atoms with Gasteiger partial charge in [-0.05, 0) is 23.6 Å². The number of nitrogens with one attached hydrogen (secondary N) is 1. The summed E-state index contributed by atoms with van der Waals surface area (Å²) in [5, 5.41) is 12.6. The smallest absolute Gasteiger partial charge is 0.0647 e. The van der Waals surface area contributed by atoms with Crippen LogP contribution in [0.1, 0.15) is 36.9 Å². The molecule has 1 atom stereocenters. The van der Waals surface area contributed by atoms with Gasteiger partial charge in [-0.1, -0.05) is 61.9 Å². The van der Waals surface area contributed by atoms with Gasteiger partial charge in [-0.2, -0.15) is 5.26 Å². The zero-order chi connectivity index (χ0) is 14.2. The van der Waals surface area contributed by atoms with Gasteiger partial charge in [-0.25, -0.2) is 0 Å². The van der Waals surface area contributed by atoms with E-state index in [1.165, 1.54) is 5.56 Å². The summed E-state index contributed by atoms with van der Waals surface area (Å²) in [7, 11) is 0. The van der Waals surface area contributed by atoms with Gasteiger partial charge in [0, 0.05) is 5.69 Å². The average molecular weight is 264 g/mol. The topological polar surface area (TPSA) is 35.8 Å². The van der Waals surface area contributed by atoms with Crippen molar-refractivity contribution in [3.63, 3.8) is 0 Å². The van der Waals surface area contributed by atoms with Crippen molar-refractivity contribution < 1.29 is 0 Å². The number of hydrogen-bond acceptors (Lipinski definition) is 2. The van der Waals surface area contributed by atoms with Crippen LogP contribution in [0.5, 0.6) is 0 Å². The first-order chi connectivity index (χ1) is 9.85. The second-order valence-corrected chi connectivity index (χ2v) is 4.88. The predicted octanol–water partition coefficient (Wildman–Crippen LogP) is 4.71. The Morgan fingerprint density at radius 1 is 1.05 bits per heavy atom. The third-order valence-electron chi connectivity index (χ3n) is 3.36. The maximum absolute atomic E-state index is 9.06. The number of nitrogens with zero attached hydrogens (tertiary/aromatic N) is 1. The summed E-state index contributed by atoms with van der Waals surface area (Å²) in [4.78, 5) is 0. The van der Waals surface area contributed by atoms with Gasteiger partial charge in [-0.3, -0.25) is 0 Å². The van der Waals surface area contributed by atoms with Crippen molar-refractivity contribution in [1.82, 2.24) is 0 Å². The second-order valence-electron chi connectivity index (χ2n) is 4.88. The Labute approximate surface area is 121 Å². The molecule has 0 heterocycles. The van der Waals surface area contributed by atoms with E-state index in [1.54, 1.807) is 0 Å². The molecule has 0 bridgehead atoms. The highest BCUT2D eigenvalue weighted by molar-refractivity contribution is 5.53. The normalized spacial score (nSPS) is 11.6. The van der Waals surface area contributed by atoms with Gasteiger partial charge in [-0.15, -0.1) is 0 Å². The van der Waals surface area contributed by atoms with Gasteiger partial charge in [0.1, 0.15) is 0 Å². The molecular formula is C18H20N2. The highest BCUT2D eigenvalue weighted by Crippen LogP contribution is 2.25. The maximum Gasteiger partial charge on any atom is 0.0647 e. The first-order valence-corrected chi connectivity index (χ1v) is 7.11. The van der Waals surface area contributed by atoms with E-state index in [0.29, 0.717) is 6.42 Å². The Hall–Kier alpha value is -2.27. The highest BCUT2D eigenvalue weighted by Gasteiger charge is 2.12. The van der Waals surface area contributed by atoms with Gasteiger partial charge in [0.05, 0.1) is 18.5 Å². The Morgan fingerprint density at radius 3 is 2.45 bits per heavy atom. The van der Waals surface area contributed by atoms with Crippen LogP contribution in [-0.4, -0.2) is 0 Å². The van der Waals surface area contributed by atoms with Gasteiger partial charge in [0.25, 0.3) is 0 Å². The van der Waals surface area contributed by atoms with E-state index < -0.39 is 0 Å². The minimum Gasteiger partial charge on any atom is -0.377 e. The molecule has 20 heavy (non-hydrogen) atoms. The molecule has 0 aromatic heterocycles. The van der Waals surface area contributed by atoms with Crippen LogP contribution < -0.4 is 5.32 Å². The predicted molar refractivity (Wildman–Crippen MR) is 83.5 cm³/mol. The molecule has 2 nitrogen and oxygen atoms in total. The molecule has 0 fully saturated rings. The number of aryl methyl sites for hydroxylation is 1. The van der Waals surface area contributed by atoms with Gasteiger partial charge >= 0.3 is 0 Å². The average Bonchev–Trinajstić information content (AvgIpc) is 2.50. The number of rotatable bonds is 6. The number of para-hydroxylation sites is 1. The summed E-state index contributed by atoms with van der Waals surface area (Å²) >= 11 is 0. The fraction of sp³-hybridized carbons (Fsp3) is 0.278. The number of nitriles is 1. The summed E-state index contributed by atoms with van der Waals surface area (Å²) in [6.07, 6.45) is 2.63. The zero-order valence-electron chi connectivity index (χ0n) is 11.8. The molecule has 102 valence electrons. The van der Waals surface area contributed by atoms with Crippen LogP contribution in [0.4, 0.5) is 5.69 Å². The monoisotopic (exact) mass is 264 g/mol. The van der Waals surface area contributed by atoms with E-state index >= 15 is 0 Å². The minimum absolute atomic E-state index is 0.0409. The maximum atomic E-state index is 9.06. The van der Waals surface area contributed by atoms with E-state index in [-0.39, 0.29) is 6.04 Å². The van der Waals surface area contributed by atoms with Crippen LogP contribution in [0, 0.1) is 11.3 Å². The van der Waals surface area contributed by atoms with Crippen molar-refractivity contribution in [3.8, 4) is 6.07 Å². The lowest BCUT2D eigenvalue weighted by atomic mass is 10.0. The van der Waals surface area contributed by atoms with E-state index in [4.69, 9.17) is 5.26 Å². The van der Waals surface area contributed by atoms with Crippen molar-refractivity contribution >= 4 is 5.69 Å². The van der Waals surface area contributed by atoms with Crippen LogP contribution in [0.25, 0.3) is 0 Å². The molecule has 1 N–H and O–H groups in total. The zero-order valence-corrected chi connectivity index (χ0v) is 11.8. The van der Waals surface area contributed by atoms with Gasteiger partial charge in [0.2, 0.25) is 0 Å². The molecule has 0 aliphatic carbocycles. The van der Waals surface area contributed by atoms with E-state index in [2.05, 4.69) is 48.6 Å². The largest absolute Gasteiger partial charge is 0.377 e. The van der Waals surface area contributed by atoms with Crippen molar-refractivity contribution in [2.45, 2.75) is 32.2 Å². The fourth-order valence-electron chi connectivity index (χ4n) is 2.37. The van der Waals surface area contributed by atoms with E-state index in [9.17, 15) is 0 Å². The summed E-state index contributed by atoms with van der Waals surface area (Å²) < 4.78 is 0. The molecule has 2 rings (SSSR count). The second kappa shape index (κ2) is 7.35. The lowest BCUT2D eigenvalue weighted by Gasteiger charge is -2.20. The van der Waals surface area contributed by atoms with Crippen LogP contribution in [0.3, 0.4) is 0 Å². The molecule has 2 aromatic rings. The van der Waals surface area contributed by atoms with Crippen LogP contribution in [-0.2, 0) is 6.42 Å². The minimum atomic E-state index is 0.0409. The molecular weight excluding hydrogens is 244 g/mol. The molecule has 2 heteroatoms. The molecule has 0 saturated heterocycles. The first-order valence-electron chi connectivity index (χ1n) is 7.11. The SMILES string of the molecule is CCCc1ccccc1NC(CC#N)c1ccccc1. The molecule has 0 spiro atoms. The molecule has 0 aliphatic heterocycles. The van der Waals surface area contributed by atoms with Crippen LogP contribution >= 0.6 is 0 Å². The van der Waals surface area contributed by atoms with Gasteiger partial charge < -0.3 is 5.32 Å². The summed E-state index contributed by atoms with van der Waals surface area (Å²) in [6, 6.07) is 20.8. The molecule has 0 aliphatic rings. The van der Waals surface area contributed by atoms with Crippen molar-refractivity contribution in [3.05, 3.63) is 65.7 Å². The first kappa shape index (κ1) is 14.1. The molecule has 2 aromatic carbocycles. The Kier molecular flexibility index (Phi) is 5.20. The quantitative estimate of drug-likeness (QED) is 0.820. The highest BCUT2D eigenvalue weighted by atomic mass is 14.9. The van der Waals surface area contributed by atoms with Crippen LogP contribution in [0.2, 0.25) is 0 Å². The Bertz CT molecular complexity index is 569. The Morgan fingerprint density at radius 2 is 1.75 bits per heavy atom. The number of anilines is 1. The third kappa shape index (κ3) is 3.61. The summed E-state index contributed by atoms with van der Waals surface area (Å²) in [5.74, 6) is 0. The van der Waals surface area contributed by atoms with E-state index in [1.807, 2.05) is 24.3 Å². The molecule has 0 amide bonds. The molecule has 1 unspecified atom stereocenters. The fourth-order valence-corrected chi connectivity index (χ4v) is 2.37. The third-order valence-corrected chi connectivity index (χ3v) is 3.36. The molecule has 0 saturated carbocycles. The molecule has 0 radical (unpaired) electrons. The number of hydrogen-bond donors (Lipinski definition) is 1. The lowest BCUT2D eigenvalue weighted by molar-refractivity contribution is 0.800. The Balaban J connectivity index is 2.23. The standard InChI is InChI=1S/C18H20N2/c1-2-8-15-11-6-7-12-17(15)20-18(13-14-19)16-9-4-3-5-10-16/h3-7,9-12,18,20H,2,8,13H2,1H3. The van der Waals surface area contributed by atoms with E-state index in [0.717, 1.165) is 24.1 Å². The van der Waals surface area contributed by atoms with Gasteiger partial charge in [0.15, 0.2) is 0 Å². The van der Waals surface area contributed by atoms with Crippen molar-refractivity contribution in [2.24, 2.45) is 0 Å². The lowest BCUT2D eigenvalue weighted by Crippen LogP contribution is -2.11.